The number of thioether (sulfide) groups is 3. The molecule has 0 aliphatic rings. The zero-order valence-corrected chi connectivity index (χ0v) is 17.0. The van der Waals surface area contributed by atoms with Crippen LogP contribution in [0.15, 0.2) is 0 Å². The molecule has 0 N–H and O–H groups in total. The van der Waals surface area contributed by atoms with Crippen molar-refractivity contribution < 1.29 is 14.0 Å². The molecule has 0 bridgehead atoms. The van der Waals surface area contributed by atoms with E-state index >= 15 is 0 Å². The van der Waals surface area contributed by atoms with Crippen LogP contribution in [-0.2, 0) is 14.0 Å². The summed E-state index contributed by atoms with van der Waals surface area (Å²) in [5.74, 6) is 6.93. The monoisotopic (exact) mass is 368 g/mol. The van der Waals surface area contributed by atoms with Gasteiger partial charge in [-0.3, -0.25) is 0 Å². The van der Waals surface area contributed by atoms with Crippen LogP contribution in [0.4, 0.5) is 0 Å². The SMILES string of the molecule is CCSCCCOB(OCCCSCC)OCCCSCC. The first-order valence-electron chi connectivity index (χ1n) is 8.43. The lowest BCUT2D eigenvalue weighted by Gasteiger charge is -2.14. The van der Waals surface area contributed by atoms with Crippen LogP contribution in [0.3, 0.4) is 0 Å². The van der Waals surface area contributed by atoms with Crippen molar-refractivity contribution in [3.63, 3.8) is 0 Å². The van der Waals surface area contributed by atoms with E-state index in [1.807, 2.05) is 35.3 Å². The van der Waals surface area contributed by atoms with Crippen molar-refractivity contribution in [1.29, 1.82) is 0 Å². The highest BCUT2D eigenvalue weighted by atomic mass is 32.2. The summed E-state index contributed by atoms with van der Waals surface area (Å²) in [5, 5.41) is 0. The van der Waals surface area contributed by atoms with Crippen LogP contribution >= 0.6 is 35.3 Å². The molecule has 7 heteroatoms. The van der Waals surface area contributed by atoms with Gasteiger partial charge in [-0.05, 0) is 53.8 Å². The fourth-order valence-electron chi connectivity index (χ4n) is 1.60. The van der Waals surface area contributed by atoms with Crippen LogP contribution in [0.1, 0.15) is 40.0 Å². The molecule has 0 radical (unpaired) electrons. The molecule has 0 spiro atoms. The minimum atomic E-state index is -0.482. The van der Waals surface area contributed by atoms with Gasteiger partial charge in [0.15, 0.2) is 0 Å². The Bertz CT molecular complexity index is 181. The van der Waals surface area contributed by atoms with Gasteiger partial charge >= 0.3 is 7.32 Å². The van der Waals surface area contributed by atoms with E-state index in [4.69, 9.17) is 14.0 Å². The normalized spacial score (nSPS) is 11.0. The third kappa shape index (κ3) is 17.4. The molecule has 0 aromatic carbocycles. The van der Waals surface area contributed by atoms with Crippen molar-refractivity contribution in [2.45, 2.75) is 40.0 Å². The van der Waals surface area contributed by atoms with Crippen molar-refractivity contribution in [2.24, 2.45) is 0 Å². The fraction of sp³-hybridized carbons (Fsp3) is 1.00. The Labute approximate surface area is 150 Å². The highest BCUT2D eigenvalue weighted by molar-refractivity contribution is 7.99. The van der Waals surface area contributed by atoms with Gasteiger partial charge in [0, 0.05) is 19.8 Å². The van der Waals surface area contributed by atoms with E-state index < -0.39 is 7.32 Å². The van der Waals surface area contributed by atoms with E-state index in [0.29, 0.717) is 19.8 Å². The Hall–Kier alpha value is 0.995. The molecular weight excluding hydrogens is 335 g/mol. The van der Waals surface area contributed by atoms with Gasteiger partial charge in [0.2, 0.25) is 0 Å². The highest BCUT2D eigenvalue weighted by Crippen LogP contribution is 2.06. The van der Waals surface area contributed by atoms with Gasteiger partial charge in [-0.25, -0.2) is 0 Å². The standard InChI is InChI=1S/C15H33BO3S3/c1-4-20-13-7-10-17-16(18-11-8-14-21-5-2)19-12-9-15-22-6-3/h4-15H2,1-3H3. The molecule has 0 amide bonds. The van der Waals surface area contributed by atoms with Crippen LogP contribution < -0.4 is 0 Å². The van der Waals surface area contributed by atoms with E-state index in [9.17, 15) is 0 Å². The molecule has 0 aromatic rings. The lowest BCUT2D eigenvalue weighted by molar-refractivity contribution is 0.0940. The van der Waals surface area contributed by atoms with Crippen molar-refractivity contribution >= 4 is 42.6 Å². The lowest BCUT2D eigenvalue weighted by atomic mass is 10.2. The van der Waals surface area contributed by atoms with Gasteiger partial charge in [0.25, 0.3) is 0 Å². The predicted molar refractivity (Wildman–Crippen MR) is 106 cm³/mol. The molecule has 0 saturated heterocycles. The van der Waals surface area contributed by atoms with E-state index in [2.05, 4.69) is 20.8 Å². The smallest absolute Gasteiger partial charge is 0.386 e. The molecule has 0 saturated carbocycles. The van der Waals surface area contributed by atoms with Crippen LogP contribution in [0.2, 0.25) is 0 Å². The Balaban J connectivity index is 3.72. The highest BCUT2D eigenvalue weighted by Gasteiger charge is 2.20. The van der Waals surface area contributed by atoms with E-state index in [0.717, 1.165) is 36.5 Å². The van der Waals surface area contributed by atoms with Crippen LogP contribution in [-0.4, -0.2) is 61.7 Å². The maximum atomic E-state index is 5.73. The minimum Gasteiger partial charge on any atom is -0.386 e. The molecule has 132 valence electrons. The lowest BCUT2D eigenvalue weighted by Crippen LogP contribution is -2.29. The zero-order valence-electron chi connectivity index (χ0n) is 14.5. The molecular formula is C15H33BO3S3. The molecule has 3 nitrogen and oxygen atoms in total. The van der Waals surface area contributed by atoms with E-state index in [1.54, 1.807) is 0 Å². The molecule has 22 heavy (non-hydrogen) atoms. The van der Waals surface area contributed by atoms with Gasteiger partial charge in [-0.15, -0.1) is 0 Å². The molecule has 0 atom stereocenters. The van der Waals surface area contributed by atoms with Gasteiger partial charge in [-0.1, -0.05) is 20.8 Å². The number of rotatable bonds is 18. The third-order valence-corrected chi connectivity index (χ3v) is 5.63. The predicted octanol–water partition coefficient (Wildman–Crippen LogP) is 4.45. The first kappa shape index (κ1) is 23.0. The van der Waals surface area contributed by atoms with Crippen LogP contribution in [0.5, 0.6) is 0 Å². The topological polar surface area (TPSA) is 27.7 Å². The summed E-state index contributed by atoms with van der Waals surface area (Å²) in [5.41, 5.74) is 0. The summed E-state index contributed by atoms with van der Waals surface area (Å²) < 4.78 is 17.2. The first-order valence-corrected chi connectivity index (χ1v) is 11.9. The van der Waals surface area contributed by atoms with Crippen molar-refractivity contribution in [1.82, 2.24) is 0 Å². The summed E-state index contributed by atoms with van der Waals surface area (Å²) >= 11 is 5.84. The second-order valence-corrected chi connectivity index (χ2v) is 8.73. The molecule has 0 aliphatic heterocycles. The van der Waals surface area contributed by atoms with E-state index in [-0.39, 0.29) is 0 Å². The Morgan fingerprint density at radius 3 is 1.18 bits per heavy atom. The first-order chi connectivity index (χ1) is 10.8. The molecule has 0 aromatic heterocycles. The summed E-state index contributed by atoms with van der Waals surface area (Å²) in [6.07, 6.45) is 3.16. The second kappa shape index (κ2) is 20.0. The Kier molecular flexibility index (Phi) is 20.9. The van der Waals surface area contributed by atoms with Crippen molar-refractivity contribution in [2.75, 3.05) is 54.3 Å². The molecule has 0 rings (SSSR count). The van der Waals surface area contributed by atoms with Gasteiger partial charge in [0.05, 0.1) is 0 Å². The van der Waals surface area contributed by atoms with E-state index in [1.165, 1.54) is 17.3 Å². The Morgan fingerprint density at radius 2 is 0.909 bits per heavy atom. The van der Waals surface area contributed by atoms with Crippen LogP contribution in [0, 0.1) is 0 Å². The maximum absolute atomic E-state index is 5.73. The largest absolute Gasteiger partial charge is 0.639 e. The zero-order chi connectivity index (χ0) is 16.3. The average molecular weight is 368 g/mol. The molecule has 0 aliphatic carbocycles. The Morgan fingerprint density at radius 1 is 0.591 bits per heavy atom. The van der Waals surface area contributed by atoms with Gasteiger partial charge < -0.3 is 14.0 Å². The quantitative estimate of drug-likeness (QED) is 0.262. The van der Waals surface area contributed by atoms with Crippen molar-refractivity contribution in [3.05, 3.63) is 0 Å². The summed E-state index contributed by atoms with van der Waals surface area (Å²) in [7, 11) is -0.482. The van der Waals surface area contributed by atoms with Crippen LogP contribution in [0.25, 0.3) is 0 Å². The molecule has 0 unspecified atom stereocenters. The average Bonchev–Trinajstić information content (AvgIpc) is 2.53. The summed E-state index contributed by atoms with van der Waals surface area (Å²) in [6, 6.07) is 0. The number of hydrogen-bond donors (Lipinski definition) is 0. The van der Waals surface area contributed by atoms with Gasteiger partial charge in [0.1, 0.15) is 0 Å². The second-order valence-electron chi connectivity index (χ2n) is 4.55. The third-order valence-electron chi connectivity index (χ3n) is 2.67. The molecule has 0 fully saturated rings. The fourth-order valence-corrected chi connectivity index (χ4v) is 3.43. The molecule has 0 heterocycles. The van der Waals surface area contributed by atoms with Gasteiger partial charge in [-0.2, -0.15) is 35.3 Å². The minimum absolute atomic E-state index is 0.482. The van der Waals surface area contributed by atoms with Crippen molar-refractivity contribution in [3.8, 4) is 0 Å². The number of hydrogen-bond acceptors (Lipinski definition) is 6. The summed E-state index contributed by atoms with van der Waals surface area (Å²) in [4.78, 5) is 0. The summed E-state index contributed by atoms with van der Waals surface area (Å²) in [6.45, 7) is 8.69. The maximum Gasteiger partial charge on any atom is 0.639 e.